The minimum atomic E-state index is -3.68. The van der Waals surface area contributed by atoms with Crippen molar-refractivity contribution < 1.29 is 18.0 Å². The van der Waals surface area contributed by atoms with Crippen molar-refractivity contribution in [3.63, 3.8) is 0 Å². The molecule has 148 valence electrons. The molecule has 4 N–H and O–H groups in total. The first-order chi connectivity index (χ1) is 12.8. The number of nitrogens with one attached hydrogen (secondary N) is 2. The lowest BCUT2D eigenvalue weighted by Crippen LogP contribution is -2.38. The smallest absolute Gasteiger partial charge is 0.238 e. The van der Waals surface area contributed by atoms with Crippen LogP contribution in [0.3, 0.4) is 0 Å². The fourth-order valence-corrected chi connectivity index (χ4v) is 4.00. The minimum Gasteiger partial charge on any atom is -0.356 e. The maximum atomic E-state index is 12.3. The molecule has 7 nitrogen and oxygen atoms in total. The number of primary sulfonamides is 1. The van der Waals surface area contributed by atoms with Gasteiger partial charge in [-0.2, -0.15) is 0 Å². The molecule has 0 saturated heterocycles. The maximum absolute atomic E-state index is 12.3. The Kier molecular flexibility index (Phi) is 6.16. The van der Waals surface area contributed by atoms with Gasteiger partial charge in [0, 0.05) is 24.4 Å². The topological polar surface area (TPSA) is 118 Å². The van der Waals surface area contributed by atoms with Gasteiger partial charge in [0.25, 0.3) is 0 Å². The van der Waals surface area contributed by atoms with E-state index in [4.69, 9.17) is 5.14 Å². The van der Waals surface area contributed by atoms with E-state index in [0.29, 0.717) is 19.0 Å². The minimum absolute atomic E-state index is 0.0280. The molecule has 1 aromatic rings. The van der Waals surface area contributed by atoms with E-state index >= 15 is 0 Å². The summed E-state index contributed by atoms with van der Waals surface area (Å²) in [5.74, 6) is 0.211. The molecule has 1 aromatic carbocycles. The van der Waals surface area contributed by atoms with Crippen LogP contribution < -0.4 is 15.8 Å². The van der Waals surface area contributed by atoms with Crippen LogP contribution in [0.1, 0.15) is 44.1 Å². The molecule has 2 aliphatic carbocycles. The van der Waals surface area contributed by atoms with Gasteiger partial charge < -0.3 is 10.6 Å². The van der Waals surface area contributed by atoms with Crippen LogP contribution in [0.5, 0.6) is 0 Å². The molecular formula is C19H27N3O4S. The number of rotatable bonds is 7. The third kappa shape index (κ3) is 5.77. The van der Waals surface area contributed by atoms with Crippen LogP contribution in [0.15, 0.2) is 29.2 Å². The van der Waals surface area contributed by atoms with Crippen molar-refractivity contribution in [2.45, 2.75) is 55.9 Å². The van der Waals surface area contributed by atoms with Crippen molar-refractivity contribution in [3.05, 3.63) is 29.8 Å². The van der Waals surface area contributed by atoms with Crippen LogP contribution in [-0.4, -0.2) is 32.8 Å². The average Bonchev–Trinajstić information content (AvgIpc) is 3.45. The van der Waals surface area contributed by atoms with Crippen LogP contribution in [0.4, 0.5) is 0 Å². The van der Waals surface area contributed by atoms with Gasteiger partial charge in [-0.15, -0.1) is 0 Å². The molecule has 2 saturated carbocycles. The lowest BCUT2D eigenvalue weighted by Gasteiger charge is -2.27. The summed E-state index contributed by atoms with van der Waals surface area (Å²) in [4.78, 5) is 24.5. The fraction of sp³-hybridized carbons (Fsp3) is 0.579. The molecule has 0 unspecified atom stereocenters. The monoisotopic (exact) mass is 393 g/mol. The Morgan fingerprint density at radius 3 is 2.00 bits per heavy atom. The molecule has 3 rings (SSSR count). The largest absolute Gasteiger partial charge is 0.356 e. The summed E-state index contributed by atoms with van der Waals surface area (Å²) in [5, 5.41) is 11.1. The van der Waals surface area contributed by atoms with Gasteiger partial charge in [-0.3, -0.25) is 9.59 Å². The van der Waals surface area contributed by atoms with Gasteiger partial charge in [-0.1, -0.05) is 12.1 Å². The highest BCUT2D eigenvalue weighted by molar-refractivity contribution is 7.89. The normalized spacial score (nSPS) is 22.9. The molecule has 0 heterocycles. The Hall–Kier alpha value is -1.93. The van der Waals surface area contributed by atoms with Crippen LogP contribution in [0.25, 0.3) is 0 Å². The second kappa shape index (κ2) is 8.39. The van der Waals surface area contributed by atoms with Crippen LogP contribution in [0, 0.1) is 11.8 Å². The van der Waals surface area contributed by atoms with Crippen molar-refractivity contribution in [3.8, 4) is 0 Å². The first kappa shape index (κ1) is 19.8. The van der Waals surface area contributed by atoms with Crippen LogP contribution in [0.2, 0.25) is 0 Å². The average molecular weight is 394 g/mol. The lowest BCUT2D eigenvalue weighted by molar-refractivity contribution is -0.130. The quantitative estimate of drug-likeness (QED) is 0.642. The summed E-state index contributed by atoms with van der Waals surface area (Å²) < 4.78 is 22.5. The maximum Gasteiger partial charge on any atom is 0.238 e. The third-order valence-electron chi connectivity index (χ3n) is 5.36. The molecule has 0 aliphatic heterocycles. The first-order valence-electron chi connectivity index (χ1n) is 9.53. The van der Waals surface area contributed by atoms with E-state index in [-0.39, 0.29) is 28.5 Å². The van der Waals surface area contributed by atoms with E-state index in [1.54, 1.807) is 12.1 Å². The zero-order valence-electron chi connectivity index (χ0n) is 15.3. The molecule has 0 bridgehead atoms. The summed E-state index contributed by atoms with van der Waals surface area (Å²) in [6.45, 7) is 0.496. The van der Waals surface area contributed by atoms with Gasteiger partial charge in [-0.05, 0) is 62.6 Å². The Balaban J connectivity index is 1.38. The Morgan fingerprint density at radius 2 is 1.48 bits per heavy atom. The molecule has 0 atom stereocenters. The summed E-state index contributed by atoms with van der Waals surface area (Å²) in [6.07, 6.45) is 5.84. The fourth-order valence-electron chi connectivity index (χ4n) is 3.48. The predicted molar refractivity (Wildman–Crippen MR) is 101 cm³/mol. The predicted octanol–water partition coefficient (Wildman–Crippen LogP) is 1.08. The lowest BCUT2D eigenvalue weighted by atomic mass is 9.81. The molecule has 0 spiro atoms. The Bertz CT molecular complexity index is 780. The van der Waals surface area contributed by atoms with Crippen molar-refractivity contribution in [2.24, 2.45) is 17.0 Å². The van der Waals surface area contributed by atoms with Crippen molar-refractivity contribution in [1.82, 2.24) is 10.6 Å². The third-order valence-corrected chi connectivity index (χ3v) is 6.29. The molecular weight excluding hydrogens is 366 g/mol. The van der Waals surface area contributed by atoms with Gasteiger partial charge >= 0.3 is 0 Å². The van der Waals surface area contributed by atoms with Crippen LogP contribution >= 0.6 is 0 Å². The number of nitrogens with two attached hydrogens (primary N) is 1. The zero-order chi connectivity index (χ0) is 19.4. The molecule has 0 aromatic heterocycles. The number of benzene rings is 1. The number of carbonyl (C=O) groups excluding carboxylic acids is 2. The van der Waals surface area contributed by atoms with Crippen molar-refractivity contribution in [1.29, 1.82) is 0 Å². The van der Waals surface area contributed by atoms with E-state index in [0.717, 1.165) is 44.1 Å². The van der Waals surface area contributed by atoms with Gasteiger partial charge in [0.2, 0.25) is 21.8 Å². The summed E-state index contributed by atoms with van der Waals surface area (Å²) in [5.41, 5.74) is 0.933. The molecule has 2 amide bonds. The van der Waals surface area contributed by atoms with Gasteiger partial charge in [0.1, 0.15) is 0 Å². The van der Waals surface area contributed by atoms with E-state index in [9.17, 15) is 18.0 Å². The first-order valence-corrected chi connectivity index (χ1v) is 11.1. The molecule has 27 heavy (non-hydrogen) atoms. The molecule has 2 aliphatic rings. The highest BCUT2D eigenvalue weighted by atomic mass is 32.2. The van der Waals surface area contributed by atoms with Gasteiger partial charge in [0.15, 0.2) is 0 Å². The molecule has 0 radical (unpaired) electrons. The second-order valence-electron chi connectivity index (χ2n) is 7.56. The second-order valence-corrected chi connectivity index (χ2v) is 9.12. The van der Waals surface area contributed by atoms with Crippen LogP contribution in [-0.2, 0) is 26.0 Å². The summed E-state index contributed by atoms with van der Waals surface area (Å²) in [7, 11) is -3.68. The Morgan fingerprint density at radius 1 is 0.926 bits per heavy atom. The van der Waals surface area contributed by atoms with Crippen molar-refractivity contribution >= 4 is 21.8 Å². The highest BCUT2D eigenvalue weighted by Crippen LogP contribution is 2.30. The number of hydrogen-bond donors (Lipinski definition) is 3. The van der Waals surface area contributed by atoms with E-state index in [1.165, 1.54) is 12.1 Å². The molecule has 2 fully saturated rings. The zero-order valence-corrected chi connectivity index (χ0v) is 16.1. The Labute approximate surface area is 160 Å². The van der Waals surface area contributed by atoms with Gasteiger partial charge in [-0.25, -0.2) is 13.6 Å². The van der Waals surface area contributed by atoms with E-state index in [1.807, 2.05) is 0 Å². The van der Waals surface area contributed by atoms with Crippen molar-refractivity contribution in [2.75, 3.05) is 6.54 Å². The number of carbonyl (C=O) groups is 2. The highest BCUT2D eigenvalue weighted by Gasteiger charge is 2.32. The van der Waals surface area contributed by atoms with E-state index in [2.05, 4.69) is 10.6 Å². The van der Waals surface area contributed by atoms with E-state index < -0.39 is 10.0 Å². The molecule has 8 heteroatoms. The van der Waals surface area contributed by atoms with Gasteiger partial charge in [0.05, 0.1) is 4.90 Å². The number of sulfonamides is 1. The standard InChI is InChI=1S/C19H27N3O4S/c20-27(25,26)17-9-1-13(2-10-17)11-12-21-18(23)14-3-5-15(6-4-14)19(24)22-16-7-8-16/h1-2,9-10,14-16H,3-8,11-12H2,(H,21,23)(H,22,24)(H2,20,25,26). The SMILES string of the molecule is NS(=O)(=O)c1ccc(CCNC(=O)C2CCC(C(=O)NC3CC3)CC2)cc1. The summed E-state index contributed by atoms with van der Waals surface area (Å²) in [6, 6.07) is 6.74. The summed E-state index contributed by atoms with van der Waals surface area (Å²) >= 11 is 0. The number of hydrogen-bond acceptors (Lipinski definition) is 4. The number of amides is 2.